The molecule has 0 aliphatic heterocycles. The number of hydrogen-bond donors (Lipinski definition) is 3. The Hall–Kier alpha value is -1.74. The summed E-state index contributed by atoms with van der Waals surface area (Å²) < 4.78 is 24.3. The van der Waals surface area contributed by atoms with E-state index >= 15 is 0 Å². The predicted molar refractivity (Wildman–Crippen MR) is 61.6 cm³/mol. The standard InChI is InChI=1S/C8H13N5O3S/c1-10-17(15,16)3-2-12-8(14)6-4-11-5-7(9)13-6/h4-5,10H,2-3H2,1H3,(H2,9,13)(H,12,14). The van der Waals surface area contributed by atoms with Gasteiger partial charge in [0.15, 0.2) is 0 Å². The molecule has 0 bridgehead atoms. The molecule has 1 rings (SSSR count). The average Bonchev–Trinajstić information content (AvgIpc) is 2.28. The van der Waals surface area contributed by atoms with Crippen LogP contribution in [0.25, 0.3) is 0 Å². The molecule has 4 N–H and O–H groups in total. The van der Waals surface area contributed by atoms with Gasteiger partial charge in [0, 0.05) is 6.54 Å². The summed E-state index contributed by atoms with van der Waals surface area (Å²) in [6, 6.07) is 0. The first-order valence-electron chi connectivity index (χ1n) is 4.71. The Bertz CT molecular complexity index is 502. The lowest BCUT2D eigenvalue weighted by Gasteiger charge is -2.05. The predicted octanol–water partition coefficient (Wildman–Crippen LogP) is -1.66. The number of anilines is 1. The lowest BCUT2D eigenvalue weighted by molar-refractivity contribution is 0.0951. The summed E-state index contributed by atoms with van der Waals surface area (Å²) in [6.45, 7) is -0.0154. The maximum Gasteiger partial charge on any atom is 0.271 e. The van der Waals surface area contributed by atoms with Gasteiger partial charge < -0.3 is 11.1 Å². The molecule has 1 aromatic heterocycles. The third-order valence-corrected chi connectivity index (χ3v) is 3.22. The van der Waals surface area contributed by atoms with Crippen molar-refractivity contribution in [3.8, 4) is 0 Å². The molecule has 0 atom stereocenters. The first kappa shape index (κ1) is 13.3. The first-order chi connectivity index (χ1) is 7.94. The number of nitrogens with zero attached hydrogens (tertiary/aromatic N) is 2. The van der Waals surface area contributed by atoms with Gasteiger partial charge in [-0.15, -0.1) is 0 Å². The van der Waals surface area contributed by atoms with Crippen molar-refractivity contribution >= 4 is 21.7 Å². The Balaban J connectivity index is 2.51. The smallest absolute Gasteiger partial charge is 0.271 e. The van der Waals surface area contributed by atoms with Gasteiger partial charge in [0.2, 0.25) is 10.0 Å². The maximum absolute atomic E-state index is 11.5. The van der Waals surface area contributed by atoms with Gasteiger partial charge in [-0.25, -0.2) is 18.1 Å². The summed E-state index contributed by atoms with van der Waals surface area (Å²) >= 11 is 0. The number of carbonyl (C=O) groups excluding carboxylic acids is 1. The molecule has 1 amide bonds. The summed E-state index contributed by atoms with van der Waals surface area (Å²) in [7, 11) is -2.02. The number of carbonyl (C=O) groups is 1. The number of sulfonamides is 1. The van der Waals surface area contributed by atoms with Crippen LogP contribution in [0.15, 0.2) is 12.4 Å². The SMILES string of the molecule is CNS(=O)(=O)CCNC(=O)c1cncc(N)n1. The van der Waals surface area contributed by atoms with Crippen molar-refractivity contribution in [1.29, 1.82) is 0 Å². The highest BCUT2D eigenvalue weighted by atomic mass is 32.2. The number of aromatic nitrogens is 2. The molecule has 1 aromatic rings. The van der Waals surface area contributed by atoms with Gasteiger partial charge in [-0.05, 0) is 7.05 Å². The van der Waals surface area contributed by atoms with E-state index in [2.05, 4.69) is 20.0 Å². The fourth-order valence-electron chi connectivity index (χ4n) is 0.982. The Labute approximate surface area is 98.7 Å². The molecule has 0 saturated carbocycles. The Morgan fingerprint density at radius 1 is 1.47 bits per heavy atom. The second-order valence-corrected chi connectivity index (χ2v) is 5.15. The van der Waals surface area contributed by atoms with Gasteiger partial charge in [-0.2, -0.15) is 0 Å². The Kier molecular flexibility index (Phi) is 4.35. The maximum atomic E-state index is 11.5. The van der Waals surface area contributed by atoms with Crippen molar-refractivity contribution in [1.82, 2.24) is 20.0 Å². The minimum Gasteiger partial charge on any atom is -0.382 e. The van der Waals surface area contributed by atoms with Crippen molar-refractivity contribution in [2.75, 3.05) is 25.1 Å². The van der Waals surface area contributed by atoms with E-state index < -0.39 is 15.9 Å². The van der Waals surface area contributed by atoms with Crippen molar-refractivity contribution in [3.05, 3.63) is 18.1 Å². The van der Waals surface area contributed by atoms with Crippen LogP contribution in [-0.2, 0) is 10.0 Å². The van der Waals surface area contributed by atoms with Crippen LogP contribution in [0.5, 0.6) is 0 Å². The van der Waals surface area contributed by atoms with Crippen LogP contribution in [0.3, 0.4) is 0 Å². The summed E-state index contributed by atoms with van der Waals surface area (Å²) in [4.78, 5) is 18.9. The van der Waals surface area contributed by atoms with Gasteiger partial charge >= 0.3 is 0 Å². The van der Waals surface area contributed by atoms with Crippen LogP contribution in [0.2, 0.25) is 0 Å². The number of nitrogen functional groups attached to an aromatic ring is 1. The normalized spacial score (nSPS) is 11.1. The molecule has 94 valence electrons. The molecule has 0 aliphatic rings. The van der Waals surface area contributed by atoms with Crippen LogP contribution in [0, 0.1) is 0 Å². The zero-order valence-corrected chi connectivity index (χ0v) is 9.99. The minimum absolute atomic E-state index is 0.0154. The topological polar surface area (TPSA) is 127 Å². The molecule has 8 nitrogen and oxygen atoms in total. The zero-order chi connectivity index (χ0) is 12.9. The molecule has 17 heavy (non-hydrogen) atoms. The van der Waals surface area contributed by atoms with E-state index in [1.807, 2.05) is 0 Å². The number of rotatable bonds is 5. The van der Waals surface area contributed by atoms with E-state index in [4.69, 9.17) is 5.73 Å². The quantitative estimate of drug-likeness (QED) is 0.580. The van der Waals surface area contributed by atoms with Crippen LogP contribution >= 0.6 is 0 Å². The zero-order valence-electron chi connectivity index (χ0n) is 9.17. The van der Waals surface area contributed by atoms with Crippen molar-refractivity contribution in [2.24, 2.45) is 0 Å². The summed E-state index contributed by atoms with van der Waals surface area (Å²) in [5, 5.41) is 2.40. The number of nitrogens with one attached hydrogen (secondary N) is 2. The highest BCUT2D eigenvalue weighted by Crippen LogP contribution is 1.96. The van der Waals surface area contributed by atoms with Crippen LogP contribution in [0.1, 0.15) is 10.5 Å². The van der Waals surface area contributed by atoms with Crippen LogP contribution in [-0.4, -0.2) is 43.6 Å². The molecule has 0 unspecified atom stereocenters. The average molecular weight is 259 g/mol. The molecular weight excluding hydrogens is 246 g/mol. The summed E-state index contributed by atoms with van der Waals surface area (Å²) in [5.41, 5.74) is 5.40. The molecule has 0 aromatic carbocycles. The number of amides is 1. The van der Waals surface area contributed by atoms with Crippen molar-refractivity contribution < 1.29 is 13.2 Å². The summed E-state index contributed by atoms with van der Waals surface area (Å²) in [6.07, 6.45) is 2.56. The second-order valence-electron chi connectivity index (χ2n) is 3.11. The van der Waals surface area contributed by atoms with E-state index in [1.54, 1.807) is 0 Å². The molecule has 9 heteroatoms. The van der Waals surface area contributed by atoms with Crippen LogP contribution in [0.4, 0.5) is 5.82 Å². The monoisotopic (exact) mass is 259 g/mol. The van der Waals surface area contributed by atoms with Gasteiger partial charge in [0.1, 0.15) is 11.5 Å². The largest absolute Gasteiger partial charge is 0.382 e. The van der Waals surface area contributed by atoms with Crippen molar-refractivity contribution in [2.45, 2.75) is 0 Å². The van der Waals surface area contributed by atoms with Crippen molar-refractivity contribution in [3.63, 3.8) is 0 Å². The van der Waals surface area contributed by atoms with Gasteiger partial charge in [-0.3, -0.25) is 9.78 Å². The van der Waals surface area contributed by atoms with Gasteiger partial charge in [-0.1, -0.05) is 0 Å². The summed E-state index contributed by atoms with van der Waals surface area (Å²) in [5.74, 6) is -0.595. The second kappa shape index (κ2) is 5.55. The van der Waals surface area contributed by atoms with E-state index in [0.29, 0.717) is 0 Å². The Morgan fingerprint density at radius 3 is 2.76 bits per heavy atom. The molecule has 0 aliphatic carbocycles. The lowest BCUT2D eigenvalue weighted by atomic mass is 10.4. The third kappa shape index (κ3) is 4.33. The third-order valence-electron chi connectivity index (χ3n) is 1.85. The van der Waals surface area contributed by atoms with Gasteiger partial charge in [0.25, 0.3) is 5.91 Å². The van der Waals surface area contributed by atoms with E-state index in [0.717, 1.165) is 0 Å². The molecular formula is C8H13N5O3S. The lowest BCUT2D eigenvalue weighted by Crippen LogP contribution is -2.33. The fraction of sp³-hybridized carbons (Fsp3) is 0.375. The molecule has 0 spiro atoms. The van der Waals surface area contributed by atoms with Crippen LogP contribution < -0.4 is 15.8 Å². The molecule has 0 saturated heterocycles. The highest BCUT2D eigenvalue weighted by Gasteiger charge is 2.10. The van der Waals surface area contributed by atoms with E-state index in [9.17, 15) is 13.2 Å². The highest BCUT2D eigenvalue weighted by molar-refractivity contribution is 7.89. The number of nitrogens with two attached hydrogens (primary N) is 1. The van der Waals surface area contributed by atoms with E-state index in [1.165, 1.54) is 19.4 Å². The molecule has 0 radical (unpaired) electrons. The Morgan fingerprint density at radius 2 is 2.18 bits per heavy atom. The molecule has 1 heterocycles. The number of hydrogen-bond acceptors (Lipinski definition) is 6. The minimum atomic E-state index is -3.33. The van der Waals surface area contributed by atoms with E-state index in [-0.39, 0.29) is 23.8 Å². The fourth-order valence-corrected chi connectivity index (χ4v) is 1.56. The first-order valence-corrected chi connectivity index (χ1v) is 6.37. The molecule has 0 fully saturated rings. The van der Waals surface area contributed by atoms with Gasteiger partial charge in [0.05, 0.1) is 18.1 Å².